The van der Waals surface area contributed by atoms with Gasteiger partial charge in [-0.3, -0.25) is 4.90 Å². The number of rotatable bonds is 5. The lowest BCUT2D eigenvalue weighted by molar-refractivity contribution is 0.134. The van der Waals surface area contributed by atoms with Gasteiger partial charge in [-0.2, -0.15) is 0 Å². The van der Waals surface area contributed by atoms with Crippen LogP contribution in [0.4, 0.5) is 0 Å². The summed E-state index contributed by atoms with van der Waals surface area (Å²) in [5.74, 6) is 0.975. The zero-order chi connectivity index (χ0) is 15.2. The maximum Gasteiger partial charge on any atom is 0.127 e. The van der Waals surface area contributed by atoms with Crippen LogP contribution in [0.15, 0.2) is 54.6 Å². The van der Waals surface area contributed by atoms with Crippen LogP contribution in [0.25, 0.3) is 11.1 Å². The number of hydrogen-bond acceptors (Lipinski definition) is 3. The minimum Gasteiger partial charge on any atom is -0.492 e. The molecule has 2 aromatic rings. The third-order valence-corrected chi connectivity index (χ3v) is 4.23. The van der Waals surface area contributed by atoms with Crippen molar-refractivity contribution in [1.29, 1.82) is 0 Å². The Hall–Kier alpha value is -1.84. The highest BCUT2D eigenvalue weighted by molar-refractivity contribution is 5.70. The van der Waals surface area contributed by atoms with Crippen LogP contribution in [0.1, 0.15) is 0 Å². The third kappa shape index (κ3) is 3.87. The summed E-state index contributed by atoms with van der Waals surface area (Å²) in [4.78, 5) is 4.85. The summed E-state index contributed by atoms with van der Waals surface area (Å²) in [6, 6.07) is 18.7. The van der Waals surface area contributed by atoms with E-state index in [0.29, 0.717) is 0 Å². The Morgan fingerprint density at radius 2 is 1.55 bits per heavy atom. The average Bonchev–Trinajstić information content (AvgIpc) is 2.58. The summed E-state index contributed by atoms with van der Waals surface area (Å²) in [6.45, 7) is 6.33. The van der Waals surface area contributed by atoms with E-state index >= 15 is 0 Å². The fourth-order valence-corrected chi connectivity index (χ4v) is 2.80. The highest BCUT2D eigenvalue weighted by Crippen LogP contribution is 2.29. The Bertz CT molecular complexity index is 577. The molecule has 0 atom stereocenters. The maximum atomic E-state index is 6.07. The van der Waals surface area contributed by atoms with Gasteiger partial charge in [-0.15, -0.1) is 0 Å². The molecule has 3 heteroatoms. The summed E-state index contributed by atoms with van der Waals surface area (Å²) >= 11 is 0. The Morgan fingerprint density at radius 3 is 2.32 bits per heavy atom. The zero-order valence-corrected chi connectivity index (χ0v) is 13.2. The van der Waals surface area contributed by atoms with Crippen LogP contribution in [0.5, 0.6) is 5.75 Å². The van der Waals surface area contributed by atoms with Crippen molar-refractivity contribution in [1.82, 2.24) is 9.80 Å². The quantitative estimate of drug-likeness (QED) is 0.843. The highest BCUT2D eigenvalue weighted by Gasteiger charge is 2.13. The molecule has 0 unspecified atom stereocenters. The minimum atomic E-state index is 0.744. The second-order valence-corrected chi connectivity index (χ2v) is 5.86. The van der Waals surface area contributed by atoms with Gasteiger partial charge in [0.1, 0.15) is 12.4 Å². The highest BCUT2D eigenvalue weighted by atomic mass is 16.5. The summed E-state index contributed by atoms with van der Waals surface area (Å²) < 4.78 is 6.07. The van der Waals surface area contributed by atoms with Gasteiger partial charge >= 0.3 is 0 Å². The predicted molar refractivity (Wildman–Crippen MR) is 91.3 cm³/mol. The summed E-state index contributed by atoms with van der Waals surface area (Å²) in [5.41, 5.74) is 2.37. The van der Waals surface area contributed by atoms with Crippen molar-refractivity contribution < 1.29 is 4.74 Å². The van der Waals surface area contributed by atoms with E-state index in [4.69, 9.17) is 4.74 Å². The third-order valence-electron chi connectivity index (χ3n) is 4.23. The second kappa shape index (κ2) is 7.43. The van der Waals surface area contributed by atoms with Crippen LogP contribution in [-0.2, 0) is 0 Å². The van der Waals surface area contributed by atoms with E-state index < -0.39 is 0 Å². The molecule has 22 heavy (non-hydrogen) atoms. The molecule has 0 saturated carbocycles. The lowest BCUT2D eigenvalue weighted by Gasteiger charge is -2.32. The molecular formula is C19H24N2O. The fraction of sp³-hybridized carbons (Fsp3) is 0.368. The Balaban J connectivity index is 1.59. The first kappa shape index (κ1) is 15.1. The molecule has 116 valence electrons. The maximum absolute atomic E-state index is 6.07. The fourth-order valence-electron chi connectivity index (χ4n) is 2.80. The van der Waals surface area contributed by atoms with Crippen LogP contribution in [0.2, 0.25) is 0 Å². The van der Waals surface area contributed by atoms with Gasteiger partial charge in [-0.25, -0.2) is 0 Å². The molecule has 1 heterocycles. The zero-order valence-electron chi connectivity index (χ0n) is 13.2. The van der Waals surface area contributed by atoms with Crippen LogP contribution in [-0.4, -0.2) is 56.2 Å². The molecule has 0 amide bonds. The molecule has 2 aromatic carbocycles. The van der Waals surface area contributed by atoms with Gasteiger partial charge in [0.2, 0.25) is 0 Å². The van der Waals surface area contributed by atoms with E-state index in [1.54, 1.807) is 0 Å². The molecular weight excluding hydrogens is 272 g/mol. The first-order valence-corrected chi connectivity index (χ1v) is 8.01. The summed E-state index contributed by atoms with van der Waals surface area (Å²) in [7, 11) is 2.18. The Labute approximate surface area is 133 Å². The molecule has 0 aromatic heterocycles. The number of nitrogens with zero attached hydrogens (tertiary/aromatic N) is 2. The molecule has 0 aliphatic carbocycles. The normalized spacial score (nSPS) is 16.6. The van der Waals surface area contributed by atoms with Crippen LogP contribution in [0, 0.1) is 0 Å². The van der Waals surface area contributed by atoms with Crippen molar-refractivity contribution in [3.8, 4) is 16.9 Å². The van der Waals surface area contributed by atoms with E-state index in [9.17, 15) is 0 Å². The van der Waals surface area contributed by atoms with Crippen molar-refractivity contribution in [2.75, 3.05) is 46.4 Å². The van der Waals surface area contributed by atoms with Gasteiger partial charge < -0.3 is 9.64 Å². The topological polar surface area (TPSA) is 15.7 Å². The number of para-hydroxylation sites is 1. The molecule has 0 bridgehead atoms. The largest absolute Gasteiger partial charge is 0.492 e. The average molecular weight is 296 g/mol. The molecule has 0 spiro atoms. The van der Waals surface area contributed by atoms with E-state index in [2.05, 4.69) is 59.3 Å². The van der Waals surface area contributed by atoms with Crippen LogP contribution >= 0.6 is 0 Å². The lowest BCUT2D eigenvalue weighted by Crippen LogP contribution is -2.45. The minimum absolute atomic E-state index is 0.744. The SMILES string of the molecule is CN1CCN(CCOc2ccccc2-c2ccccc2)CC1. The first-order valence-electron chi connectivity index (χ1n) is 8.01. The van der Waals surface area contributed by atoms with Crippen molar-refractivity contribution in [2.24, 2.45) is 0 Å². The number of ether oxygens (including phenoxy) is 1. The van der Waals surface area contributed by atoms with Crippen molar-refractivity contribution >= 4 is 0 Å². The van der Waals surface area contributed by atoms with Gasteiger partial charge in [0.05, 0.1) is 0 Å². The Morgan fingerprint density at radius 1 is 0.864 bits per heavy atom. The molecule has 1 fully saturated rings. The van der Waals surface area contributed by atoms with Crippen molar-refractivity contribution in [3.63, 3.8) is 0 Å². The lowest BCUT2D eigenvalue weighted by atomic mass is 10.1. The molecule has 0 N–H and O–H groups in total. The second-order valence-electron chi connectivity index (χ2n) is 5.86. The van der Waals surface area contributed by atoms with Gasteiger partial charge in [0.15, 0.2) is 0 Å². The molecule has 3 nitrogen and oxygen atoms in total. The van der Waals surface area contributed by atoms with Crippen molar-refractivity contribution in [2.45, 2.75) is 0 Å². The van der Waals surface area contributed by atoms with Crippen LogP contribution in [0.3, 0.4) is 0 Å². The monoisotopic (exact) mass is 296 g/mol. The van der Waals surface area contributed by atoms with E-state index in [1.807, 2.05) is 12.1 Å². The van der Waals surface area contributed by atoms with E-state index in [-0.39, 0.29) is 0 Å². The van der Waals surface area contributed by atoms with Crippen LogP contribution < -0.4 is 4.74 Å². The predicted octanol–water partition coefficient (Wildman–Crippen LogP) is 2.98. The smallest absolute Gasteiger partial charge is 0.127 e. The van der Waals surface area contributed by atoms with Gasteiger partial charge in [-0.05, 0) is 18.7 Å². The van der Waals surface area contributed by atoms with Crippen molar-refractivity contribution in [3.05, 3.63) is 54.6 Å². The number of likely N-dealkylation sites (N-methyl/N-ethyl adjacent to an activating group) is 1. The molecule has 3 rings (SSSR count). The van der Waals surface area contributed by atoms with E-state index in [1.165, 1.54) is 11.1 Å². The van der Waals surface area contributed by atoms with Gasteiger partial charge in [-0.1, -0.05) is 48.5 Å². The molecule has 0 radical (unpaired) electrons. The number of benzene rings is 2. The van der Waals surface area contributed by atoms with Gasteiger partial charge in [0.25, 0.3) is 0 Å². The summed E-state index contributed by atoms with van der Waals surface area (Å²) in [6.07, 6.45) is 0. The Kier molecular flexibility index (Phi) is 5.09. The van der Waals surface area contributed by atoms with E-state index in [0.717, 1.165) is 45.1 Å². The molecule has 1 aliphatic rings. The first-order chi connectivity index (χ1) is 10.8. The number of hydrogen-bond donors (Lipinski definition) is 0. The summed E-state index contributed by atoms with van der Waals surface area (Å²) in [5, 5.41) is 0. The number of piperazine rings is 1. The standard InChI is InChI=1S/C19H24N2O/c1-20-11-13-21(14-12-20)15-16-22-19-10-6-5-9-18(19)17-7-3-2-4-8-17/h2-10H,11-16H2,1H3. The molecule has 1 saturated heterocycles. The molecule has 1 aliphatic heterocycles. The van der Waals surface area contributed by atoms with Gasteiger partial charge in [0, 0.05) is 38.3 Å².